The van der Waals surface area contributed by atoms with Crippen LogP contribution >= 0.6 is 11.6 Å². The summed E-state index contributed by atoms with van der Waals surface area (Å²) in [4.78, 5) is 12.3. The SMILES string of the molecule is CCC[C@@H](O)COc1ccc(Cl)c(-c2nc(-c3c(C)noc3C)c(C)c(N3Cc4cnn(C5COC5)c4C3)n2)c1. The van der Waals surface area contributed by atoms with Crippen LogP contribution < -0.4 is 9.64 Å². The predicted octanol–water partition coefficient (Wildman–Crippen LogP) is 5.21. The average Bonchev–Trinajstić information content (AvgIpc) is 3.58. The Morgan fingerprint density at radius 2 is 2.00 bits per heavy atom. The Morgan fingerprint density at radius 3 is 2.70 bits per heavy atom. The van der Waals surface area contributed by atoms with E-state index in [2.05, 4.69) is 19.8 Å². The number of ether oxygens (including phenoxy) is 2. The number of nitrogens with zero attached hydrogens (tertiary/aromatic N) is 6. The molecule has 0 aliphatic carbocycles. The van der Waals surface area contributed by atoms with Crippen molar-refractivity contribution in [2.75, 3.05) is 24.7 Å². The molecule has 1 atom stereocenters. The molecule has 2 aliphatic rings. The summed E-state index contributed by atoms with van der Waals surface area (Å²) in [5.41, 5.74) is 6.31. The zero-order valence-corrected chi connectivity index (χ0v) is 23.9. The van der Waals surface area contributed by atoms with Gasteiger partial charge in [0.05, 0.1) is 65.8 Å². The Bertz CT molecular complexity index is 1530. The van der Waals surface area contributed by atoms with Crippen molar-refractivity contribution in [3.8, 4) is 28.4 Å². The first-order valence-corrected chi connectivity index (χ1v) is 14.0. The predicted molar refractivity (Wildman–Crippen MR) is 151 cm³/mol. The molecule has 1 N–H and O–H groups in total. The second-order valence-corrected chi connectivity index (χ2v) is 11.0. The lowest BCUT2D eigenvalue weighted by Crippen LogP contribution is -2.33. The van der Waals surface area contributed by atoms with Crippen LogP contribution in [0.1, 0.15) is 54.1 Å². The third-order valence-corrected chi connectivity index (χ3v) is 7.92. The van der Waals surface area contributed by atoms with Crippen LogP contribution in [0.4, 0.5) is 5.82 Å². The summed E-state index contributed by atoms with van der Waals surface area (Å²) in [6.07, 6.45) is 2.98. The maximum atomic E-state index is 10.2. The average molecular weight is 565 g/mol. The second kappa shape index (κ2) is 10.8. The quantitative estimate of drug-likeness (QED) is 0.293. The number of halogens is 1. The molecule has 10 nitrogen and oxygen atoms in total. The topological polar surface area (TPSA) is 112 Å². The molecule has 3 aromatic heterocycles. The van der Waals surface area contributed by atoms with Gasteiger partial charge in [-0.25, -0.2) is 9.97 Å². The molecule has 6 rings (SSSR count). The van der Waals surface area contributed by atoms with Crippen molar-refractivity contribution in [2.24, 2.45) is 0 Å². The molecule has 5 heterocycles. The fourth-order valence-corrected chi connectivity index (χ4v) is 5.57. The number of hydrogen-bond acceptors (Lipinski definition) is 9. The number of aliphatic hydroxyl groups excluding tert-OH is 1. The molecular formula is C29H33ClN6O4. The van der Waals surface area contributed by atoms with Crippen molar-refractivity contribution in [3.05, 3.63) is 57.7 Å². The molecule has 0 spiro atoms. The number of rotatable bonds is 9. The van der Waals surface area contributed by atoms with Gasteiger partial charge < -0.3 is 24.0 Å². The highest BCUT2D eigenvalue weighted by Crippen LogP contribution is 2.39. The van der Waals surface area contributed by atoms with E-state index in [1.165, 1.54) is 11.3 Å². The van der Waals surface area contributed by atoms with Gasteiger partial charge in [0, 0.05) is 23.2 Å². The van der Waals surface area contributed by atoms with Crippen molar-refractivity contribution >= 4 is 17.4 Å². The molecule has 4 aromatic rings. The van der Waals surface area contributed by atoms with Gasteiger partial charge in [0.1, 0.15) is 23.9 Å². The lowest BCUT2D eigenvalue weighted by molar-refractivity contribution is -0.0297. The molecule has 11 heteroatoms. The smallest absolute Gasteiger partial charge is 0.163 e. The number of aryl methyl sites for hydroxylation is 2. The lowest BCUT2D eigenvalue weighted by Gasteiger charge is -2.28. The standard InChI is InChI=1S/C29H33ClN6O4/c1-5-6-21(37)15-39-22-7-8-24(30)23(9-22)28-32-27(26-17(3)34-40-18(26)4)16(2)29(33-28)35-11-19-10-31-36(25(19)12-35)20-13-38-14-20/h7-10,20-21,37H,5-6,11-15H2,1-4H3/t21-/m1/s1. The van der Waals surface area contributed by atoms with E-state index in [-0.39, 0.29) is 12.6 Å². The third kappa shape index (κ3) is 4.84. The van der Waals surface area contributed by atoms with Crippen molar-refractivity contribution in [1.82, 2.24) is 24.9 Å². The summed E-state index contributed by atoms with van der Waals surface area (Å²) in [6.45, 7) is 10.8. The molecule has 2 aliphatic heterocycles. The summed E-state index contributed by atoms with van der Waals surface area (Å²) >= 11 is 6.72. The molecule has 1 aromatic carbocycles. The molecule has 210 valence electrons. The molecule has 0 radical (unpaired) electrons. The lowest BCUT2D eigenvalue weighted by atomic mass is 10.0. The fourth-order valence-electron chi connectivity index (χ4n) is 5.37. The molecule has 0 unspecified atom stereocenters. The van der Waals surface area contributed by atoms with Crippen LogP contribution in [0.3, 0.4) is 0 Å². The van der Waals surface area contributed by atoms with E-state index in [1.54, 1.807) is 12.1 Å². The summed E-state index contributed by atoms with van der Waals surface area (Å²) in [5.74, 6) is 2.57. The largest absolute Gasteiger partial charge is 0.491 e. The van der Waals surface area contributed by atoms with Crippen LogP contribution in [0.5, 0.6) is 5.75 Å². The molecule has 0 saturated carbocycles. The van der Waals surface area contributed by atoms with E-state index in [9.17, 15) is 5.11 Å². The highest BCUT2D eigenvalue weighted by atomic mass is 35.5. The van der Waals surface area contributed by atoms with Gasteiger partial charge in [-0.3, -0.25) is 4.68 Å². The van der Waals surface area contributed by atoms with E-state index < -0.39 is 6.10 Å². The fraction of sp³-hybridized carbons (Fsp3) is 0.448. The van der Waals surface area contributed by atoms with Crippen molar-refractivity contribution in [1.29, 1.82) is 0 Å². The summed E-state index contributed by atoms with van der Waals surface area (Å²) in [7, 11) is 0. The van der Waals surface area contributed by atoms with Crippen LogP contribution in [0.25, 0.3) is 22.6 Å². The Kier molecular flexibility index (Phi) is 7.24. The van der Waals surface area contributed by atoms with Gasteiger partial charge in [-0.15, -0.1) is 0 Å². The van der Waals surface area contributed by atoms with Gasteiger partial charge >= 0.3 is 0 Å². The Labute approximate surface area is 237 Å². The monoisotopic (exact) mass is 564 g/mol. The normalized spacial score (nSPS) is 15.8. The number of hydrogen-bond donors (Lipinski definition) is 1. The summed E-state index contributed by atoms with van der Waals surface area (Å²) in [6, 6.07) is 5.68. The molecule has 1 fully saturated rings. The minimum Gasteiger partial charge on any atom is -0.491 e. The summed E-state index contributed by atoms with van der Waals surface area (Å²) in [5, 5.41) is 19.5. The van der Waals surface area contributed by atoms with Gasteiger partial charge in [-0.1, -0.05) is 30.1 Å². The van der Waals surface area contributed by atoms with E-state index in [0.717, 1.165) is 34.8 Å². The van der Waals surface area contributed by atoms with Crippen LogP contribution in [0.15, 0.2) is 28.9 Å². The van der Waals surface area contributed by atoms with Gasteiger partial charge in [-0.2, -0.15) is 5.10 Å². The molecule has 40 heavy (non-hydrogen) atoms. The van der Waals surface area contributed by atoms with Crippen molar-refractivity contribution < 1.29 is 19.1 Å². The van der Waals surface area contributed by atoms with Crippen LogP contribution in [-0.2, 0) is 17.8 Å². The first kappa shape index (κ1) is 26.7. The van der Waals surface area contributed by atoms with Crippen LogP contribution in [0.2, 0.25) is 5.02 Å². The Balaban J connectivity index is 1.41. The van der Waals surface area contributed by atoms with E-state index in [1.807, 2.05) is 40.0 Å². The number of aromatic nitrogens is 5. The Hall–Kier alpha value is -3.47. The minimum atomic E-state index is -0.531. The minimum absolute atomic E-state index is 0.203. The maximum absolute atomic E-state index is 10.2. The molecule has 0 amide bonds. The van der Waals surface area contributed by atoms with Gasteiger partial charge in [0.2, 0.25) is 0 Å². The van der Waals surface area contributed by atoms with Crippen molar-refractivity contribution in [2.45, 2.75) is 65.8 Å². The first-order chi connectivity index (χ1) is 19.3. The highest BCUT2D eigenvalue weighted by molar-refractivity contribution is 6.33. The number of benzene rings is 1. The zero-order chi connectivity index (χ0) is 28.0. The van der Waals surface area contributed by atoms with Gasteiger partial charge in [0.15, 0.2) is 5.82 Å². The number of aliphatic hydroxyl groups is 1. The highest BCUT2D eigenvalue weighted by Gasteiger charge is 2.32. The first-order valence-electron chi connectivity index (χ1n) is 13.6. The van der Waals surface area contributed by atoms with E-state index in [4.69, 9.17) is 35.6 Å². The van der Waals surface area contributed by atoms with Crippen molar-refractivity contribution in [3.63, 3.8) is 0 Å². The maximum Gasteiger partial charge on any atom is 0.163 e. The molecular weight excluding hydrogens is 532 g/mol. The van der Waals surface area contributed by atoms with E-state index in [0.29, 0.717) is 60.6 Å². The second-order valence-electron chi connectivity index (χ2n) is 10.5. The van der Waals surface area contributed by atoms with E-state index >= 15 is 0 Å². The van der Waals surface area contributed by atoms with Gasteiger partial charge in [-0.05, 0) is 45.4 Å². The third-order valence-electron chi connectivity index (χ3n) is 7.59. The van der Waals surface area contributed by atoms with Gasteiger partial charge in [0.25, 0.3) is 0 Å². The Morgan fingerprint density at radius 1 is 1.18 bits per heavy atom. The molecule has 1 saturated heterocycles. The number of anilines is 1. The number of fused-ring (bicyclic) bond motifs is 1. The molecule has 0 bridgehead atoms. The van der Waals surface area contributed by atoms with Crippen LogP contribution in [-0.4, -0.2) is 55.9 Å². The summed E-state index contributed by atoms with van der Waals surface area (Å²) < 4.78 is 18.9. The zero-order valence-electron chi connectivity index (χ0n) is 23.1. The van der Waals surface area contributed by atoms with Crippen LogP contribution in [0, 0.1) is 20.8 Å².